The fraction of sp³-hybridized carbons (Fsp3) is 0.385. The number of nitrogens with zero attached hydrogens (tertiary/aromatic N) is 2. The van der Waals surface area contributed by atoms with Crippen molar-refractivity contribution in [1.29, 1.82) is 0 Å². The Hall–Kier alpha value is -1.84. The monoisotopic (exact) mass is 231 g/mol. The molecule has 90 valence electrons. The van der Waals surface area contributed by atoms with Crippen LogP contribution in [0.15, 0.2) is 18.2 Å². The first-order chi connectivity index (χ1) is 7.99. The molecule has 2 rings (SSSR count). The molecule has 0 atom stereocenters. The van der Waals surface area contributed by atoms with Gasteiger partial charge in [0, 0.05) is 18.7 Å². The Kier molecular flexibility index (Phi) is 2.88. The number of amides is 1. The number of benzene rings is 1. The third kappa shape index (κ3) is 2.16. The van der Waals surface area contributed by atoms with Crippen LogP contribution in [0.4, 0.5) is 0 Å². The van der Waals surface area contributed by atoms with E-state index in [0.717, 1.165) is 16.9 Å². The molecular weight excluding hydrogens is 214 g/mol. The molecule has 0 saturated carbocycles. The first-order valence-electron chi connectivity index (χ1n) is 5.73. The molecule has 0 bridgehead atoms. The number of hydrogen-bond donors (Lipinski definition) is 1. The second-order valence-electron chi connectivity index (χ2n) is 4.55. The topological polar surface area (TPSA) is 46.9 Å². The second kappa shape index (κ2) is 4.20. The van der Waals surface area contributed by atoms with Crippen molar-refractivity contribution in [3.8, 4) is 0 Å². The summed E-state index contributed by atoms with van der Waals surface area (Å²) in [6.45, 7) is 5.84. The van der Waals surface area contributed by atoms with E-state index in [2.05, 4.69) is 10.3 Å². The summed E-state index contributed by atoms with van der Waals surface area (Å²) in [5.74, 6) is 0.895. The Labute approximate surface area is 101 Å². The van der Waals surface area contributed by atoms with E-state index in [9.17, 15) is 4.79 Å². The Morgan fingerprint density at radius 2 is 2.12 bits per heavy atom. The van der Waals surface area contributed by atoms with Gasteiger partial charge in [-0.15, -0.1) is 0 Å². The minimum atomic E-state index is -0.0507. The summed E-state index contributed by atoms with van der Waals surface area (Å²) in [6.07, 6.45) is 0. The van der Waals surface area contributed by atoms with Crippen molar-refractivity contribution < 1.29 is 4.79 Å². The fourth-order valence-electron chi connectivity index (χ4n) is 1.81. The molecular formula is C13H17N3O. The van der Waals surface area contributed by atoms with Gasteiger partial charge < -0.3 is 9.88 Å². The molecule has 0 unspecified atom stereocenters. The highest BCUT2D eigenvalue weighted by molar-refractivity contribution is 5.97. The first kappa shape index (κ1) is 11.6. The van der Waals surface area contributed by atoms with Crippen LogP contribution in [-0.2, 0) is 7.05 Å². The van der Waals surface area contributed by atoms with Crippen LogP contribution in [0.25, 0.3) is 11.0 Å². The number of nitrogens with one attached hydrogen (secondary N) is 1. The fourth-order valence-corrected chi connectivity index (χ4v) is 1.81. The van der Waals surface area contributed by atoms with E-state index in [1.54, 1.807) is 0 Å². The number of fused-ring (bicyclic) bond motifs is 1. The average Bonchev–Trinajstić information content (AvgIpc) is 2.53. The molecule has 2 aromatic rings. The largest absolute Gasteiger partial charge is 0.350 e. The molecule has 0 saturated heterocycles. The van der Waals surface area contributed by atoms with E-state index in [1.807, 2.05) is 50.6 Å². The van der Waals surface area contributed by atoms with E-state index < -0.39 is 0 Å². The zero-order chi connectivity index (χ0) is 12.6. The molecule has 0 aliphatic carbocycles. The lowest BCUT2D eigenvalue weighted by molar-refractivity contribution is 0.0943. The van der Waals surface area contributed by atoms with Crippen molar-refractivity contribution in [2.24, 2.45) is 7.05 Å². The van der Waals surface area contributed by atoms with Gasteiger partial charge in [0.2, 0.25) is 0 Å². The van der Waals surface area contributed by atoms with Gasteiger partial charge in [0.15, 0.2) is 0 Å². The normalized spacial score (nSPS) is 11.1. The maximum absolute atomic E-state index is 11.8. The number of imidazole rings is 1. The van der Waals surface area contributed by atoms with Crippen molar-refractivity contribution >= 4 is 16.9 Å². The first-order valence-corrected chi connectivity index (χ1v) is 5.73. The zero-order valence-corrected chi connectivity index (χ0v) is 10.6. The van der Waals surface area contributed by atoms with Gasteiger partial charge in [-0.3, -0.25) is 4.79 Å². The van der Waals surface area contributed by atoms with Crippen LogP contribution in [0.3, 0.4) is 0 Å². The van der Waals surface area contributed by atoms with Crippen molar-refractivity contribution in [2.45, 2.75) is 26.8 Å². The highest BCUT2D eigenvalue weighted by Crippen LogP contribution is 2.16. The van der Waals surface area contributed by atoms with Crippen LogP contribution < -0.4 is 5.32 Å². The molecule has 1 amide bonds. The van der Waals surface area contributed by atoms with Crippen LogP contribution in [0, 0.1) is 6.92 Å². The smallest absolute Gasteiger partial charge is 0.251 e. The van der Waals surface area contributed by atoms with Gasteiger partial charge in [0.1, 0.15) is 5.82 Å². The van der Waals surface area contributed by atoms with Gasteiger partial charge in [-0.25, -0.2) is 4.98 Å². The van der Waals surface area contributed by atoms with Gasteiger partial charge >= 0.3 is 0 Å². The minimum Gasteiger partial charge on any atom is -0.350 e. The number of rotatable bonds is 2. The molecule has 0 spiro atoms. The molecule has 1 heterocycles. The standard InChI is InChI=1S/C13H17N3O/c1-8(2)14-13(17)10-5-6-12-11(7-10)15-9(3)16(12)4/h5-8H,1-4H3,(H,14,17). The summed E-state index contributed by atoms with van der Waals surface area (Å²) in [7, 11) is 1.97. The van der Waals surface area contributed by atoms with E-state index in [0.29, 0.717) is 5.56 Å². The predicted octanol–water partition coefficient (Wildman–Crippen LogP) is 2.02. The Balaban J connectivity index is 2.41. The zero-order valence-electron chi connectivity index (χ0n) is 10.6. The number of aromatic nitrogens is 2. The average molecular weight is 231 g/mol. The SMILES string of the molecule is Cc1nc2cc(C(=O)NC(C)C)ccc2n1C. The molecule has 1 aromatic heterocycles. The molecule has 0 aliphatic heterocycles. The van der Waals surface area contributed by atoms with Crippen LogP contribution >= 0.6 is 0 Å². The summed E-state index contributed by atoms with van der Waals surface area (Å²) in [5, 5.41) is 2.87. The molecule has 4 heteroatoms. The molecule has 1 aromatic carbocycles. The third-order valence-electron chi connectivity index (χ3n) is 2.79. The van der Waals surface area contributed by atoms with Gasteiger partial charge in [0.05, 0.1) is 11.0 Å². The number of carbonyl (C=O) groups excluding carboxylic acids is 1. The van der Waals surface area contributed by atoms with Crippen LogP contribution in [0.1, 0.15) is 30.0 Å². The van der Waals surface area contributed by atoms with E-state index >= 15 is 0 Å². The lowest BCUT2D eigenvalue weighted by Crippen LogP contribution is -2.29. The van der Waals surface area contributed by atoms with Crippen molar-refractivity contribution in [3.63, 3.8) is 0 Å². The van der Waals surface area contributed by atoms with Crippen LogP contribution in [0.2, 0.25) is 0 Å². The minimum absolute atomic E-state index is 0.0507. The Morgan fingerprint density at radius 1 is 1.41 bits per heavy atom. The van der Waals surface area contributed by atoms with Crippen LogP contribution in [0.5, 0.6) is 0 Å². The summed E-state index contributed by atoms with van der Waals surface area (Å²) in [4.78, 5) is 16.3. The van der Waals surface area contributed by atoms with Gasteiger partial charge in [0.25, 0.3) is 5.91 Å². The molecule has 1 N–H and O–H groups in total. The highest BCUT2D eigenvalue weighted by Gasteiger charge is 2.10. The number of aryl methyl sites for hydroxylation is 2. The van der Waals surface area contributed by atoms with Gasteiger partial charge in [-0.05, 0) is 39.0 Å². The Bertz CT molecular complexity index is 569. The molecule has 0 aliphatic rings. The second-order valence-corrected chi connectivity index (χ2v) is 4.55. The maximum atomic E-state index is 11.8. The highest BCUT2D eigenvalue weighted by atomic mass is 16.1. The van der Waals surface area contributed by atoms with Crippen molar-refractivity contribution in [2.75, 3.05) is 0 Å². The quantitative estimate of drug-likeness (QED) is 0.859. The van der Waals surface area contributed by atoms with E-state index in [1.165, 1.54) is 0 Å². The molecule has 17 heavy (non-hydrogen) atoms. The third-order valence-corrected chi connectivity index (χ3v) is 2.79. The van der Waals surface area contributed by atoms with Crippen molar-refractivity contribution in [1.82, 2.24) is 14.9 Å². The molecule has 0 radical (unpaired) electrons. The summed E-state index contributed by atoms with van der Waals surface area (Å²) >= 11 is 0. The van der Waals surface area contributed by atoms with E-state index in [4.69, 9.17) is 0 Å². The number of carbonyl (C=O) groups is 1. The maximum Gasteiger partial charge on any atom is 0.251 e. The summed E-state index contributed by atoms with van der Waals surface area (Å²) in [6, 6.07) is 5.75. The Morgan fingerprint density at radius 3 is 2.76 bits per heavy atom. The van der Waals surface area contributed by atoms with Crippen molar-refractivity contribution in [3.05, 3.63) is 29.6 Å². The predicted molar refractivity (Wildman–Crippen MR) is 68.1 cm³/mol. The van der Waals surface area contributed by atoms with Gasteiger partial charge in [-0.2, -0.15) is 0 Å². The van der Waals surface area contributed by atoms with Gasteiger partial charge in [-0.1, -0.05) is 0 Å². The summed E-state index contributed by atoms with van der Waals surface area (Å²) in [5.41, 5.74) is 2.56. The number of hydrogen-bond acceptors (Lipinski definition) is 2. The molecule has 4 nitrogen and oxygen atoms in total. The lowest BCUT2D eigenvalue weighted by atomic mass is 10.2. The lowest BCUT2D eigenvalue weighted by Gasteiger charge is -2.08. The van der Waals surface area contributed by atoms with Crippen LogP contribution in [-0.4, -0.2) is 21.5 Å². The molecule has 0 fully saturated rings. The van der Waals surface area contributed by atoms with E-state index in [-0.39, 0.29) is 11.9 Å². The summed E-state index contributed by atoms with van der Waals surface area (Å²) < 4.78 is 2.01.